The van der Waals surface area contributed by atoms with Gasteiger partial charge in [-0.05, 0) is 74.1 Å². The van der Waals surface area contributed by atoms with Gasteiger partial charge in [0.2, 0.25) is 17.5 Å². The summed E-state index contributed by atoms with van der Waals surface area (Å²) < 4.78 is 49.6. The van der Waals surface area contributed by atoms with Crippen LogP contribution in [0.15, 0.2) is 131 Å². The van der Waals surface area contributed by atoms with Crippen LogP contribution in [0.25, 0.3) is 22.5 Å². The quantitative estimate of drug-likeness (QED) is 0.0395. The number of amides is 4. The van der Waals surface area contributed by atoms with Crippen LogP contribution in [0.1, 0.15) is 62.9 Å². The topological polar surface area (TPSA) is 274 Å². The van der Waals surface area contributed by atoms with Crippen molar-refractivity contribution in [2.24, 2.45) is 17.6 Å². The van der Waals surface area contributed by atoms with Gasteiger partial charge in [0.15, 0.2) is 6.10 Å². The fraction of sp³-hybridized carbons (Fsp3) is 0.410. The van der Waals surface area contributed by atoms with E-state index in [1.807, 2.05) is 55.5 Å². The standard InChI is InChI=1S/C61H73FN8O13/c1-37-32-46-53(49(71)35-47(57(46)74)66-59(75)38(2)12-11-17-50(78-5)58(83-61(63)77)40(4)34-39(3)56(73)51(33-37)79-6)64-24-26-80-28-30-82-31-29-81-27-25-70-55-45-15-9-10-16-48(45)69(36-42-13-7-8-14-44(42)54(55)67-68-70)52(72)22-23-65-60(76)41-18-20-43(62)21-19-41/h7-21,34-35,37,39,50-51,56,58,64,73H,22-33,36H2,1-6H3,(H2,63,77)(H,65,76)(H,66,75)/b17-11-,38-12+,40-34+/t37-,39+,50+,51+,56-,58+/m1/s1/i62-1. The van der Waals surface area contributed by atoms with Gasteiger partial charge in [-0.25, -0.2) is 13.9 Å². The molecule has 7 rings (SSSR count). The SMILES string of the molecule is CO[C@H]1/C=C\C=C(/C)C(=O)NC2=CC(=O)C(NCCOCCOCCOCCn3nnc4c3-c3ccccc3N(C(=O)CCNC(=O)c3ccc([18F])cc3)Cc3ccccc3-4)=C(C[C@@H](C)C[C@H](OC)[C@H](O)[C@@H](C)/C=C(\C)[C@@H]1OC(N)=O)C2=O. The molecule has 0 spiro atoms. The van der Waals surface area contributed by atoms with Crippen LogP contribution in [-0.2, 0) is 60.7 Å². The number of primary amides is 1. The Kier molecular flexibility index (Phi) is 22.9. The summed E-state index contributed by atoms with van der Waals surface area (Å²) in [5, 5.41) is 29.1. The summed E-state index contributed by atoms with van der Waals surface area (Å²) in [6.45, 7) is 9.22. The van der Waals surface area contributed by atoms with Crippen LogP contribution < -0.4 is 26.6 Å². The molecular formula is C61H73FN8O13. The molecule has 0 radical (unpaired) electrons. The highest BCUT2D eigenvalue weighted by Crippen LogP contribution is 2.41. The first-order valence-corrected chi connectivity index (χ1v) is 27.5. The van der Waals surface area contributed by atoms with Crippen molar-refractivity contribution in [1.29, 1.82) is 0 Å². The van der Waals surface area contributed by atoms with E-state index in [4.69, 9.17) is 34.2 Å². The number of fused-ring (bicyclic) bond motifs is 7. The van der Waals surface area contributed by atoms with Gasteiger partial charge in [-0.2, -0.15) is 0 Å². The van der Waals surface area contributed by atoms with Crippen molar-refractivity contribution in [3.8, 4) is 22.5 Å². The number of rotatable bonds is 20. The fourth-order valence-corrected chi connectivity index (χ4v) is 10.0. The third-order valence-corrected chi connectivity index (χ3v) is 14.4. The van der Waals surface area contributed by atoms with E-state index < -0.39 is 65.6 Å². The van der Waals surface area contributed by atoms with Gasteiger partial charge < -0.3 is 60.1 Å². The van der Waals surface area contributed by atoms with Gasteiger partial charge in [-0.15, -0.1) is 5.10 Å². The second kappa shape index (κ2) is 30.4. The van der Waals surface area contributed by atoms with E-state index in [1.165, 1.54) is 57.6 Å². The number of allylic oxidation sites excluding steroid dienone is 4. The molecular weight excluding hydrogens is 1070 g/mol. The molecule has 0 saturated carbocycles. The van der Waals surface area contributed by atoms with E-state index in [-0.39, 0.29) is 113 Å². The first-order valence-electron chi connectivity index (χ1n) is 27.5. The van der Waals surface area contributed by atoms with Gasteiger partial charge in [-0.1, -0.05) is 85.8 Å². The number of ether oxygens (including phenoxy) is 6. The average Bonchev–Trinajstić information content (AvgIpc) is 4.13. The largest absolute Gasteiger partial charge is 0.439 e. The number of aliphatic hydroxyl groups is 1. The first-order chi connectivity index (χ1) is 40.0. The zero-order chi connectivity index (χ0) is 59.6. The molecule has 0 unspecified atom stereocenters. The summed E-state index contributed by atoms with van der Waals surface area (Å²) in [6, 6.07) is 20.5. The van der Waals surface area contributed by atoms with Crippen LogP contribution in [-0.4, -0.2) is 147 Å². The maximum absolute atomic E-state index is 14.2. The number of carbonyl (C=O) groups is 6. The van der Waals surface area contributed by atoms with Gasteiger partial charge >= 0.3 is 6.09 Å². The Bertz CT molecular complexity index is 3130. The maximum atomic E-state index is 14.2. The minimum atomic E-state index is -1.03. The minimum Gasteiger partial charge on any atom is -0.439 e. The molecule has 0 saturated heterocycles. The Balaban J connectivity index is 0.908. The molecule has 21 nitrogen and oxygen atoms in total. The van der Waals surface area contributed by atoms with E-state index in [1.54, 1.807) is 35.6 Å². The molecule has 83 heavy (non-hydrogen) atoms. The summed E-state index contributed by atoms with van der Waals surface area (Å²) in [5.41, 5.74) is 11.0. The molecule has 1 aromatic heterocycles. The van der Waals surface area contributed by atoms with E-state index in [9.17, 15) is 38.3 Å². The molecule has 4 aromatic rings. The third-order valence-electron chi connectivity index (χ3n) is 14.4. The van der Waals surface area contributed by atoms with Crippen LogP contribution in [0.3, 0.4) is 0 Å². The van der Waals surface area contributed by atoms with E-state index in [2.05, 4.69) is 26.3 Å². The molecule has 6 atom stereocenters. The number of nitrogens with two attached hydrogens (primary N) is 1. The lowest BCUT2D eigenvalue weighted by atomic mass is 9.85. The number of Topliss-reactive ketones (excluding diaryl/α,β-unsaturated/α-hetero) is 1. The normalized spacial score (nSPS) is 22.2. The number of nitrogens with zero attached hydrogens (tertiary/aromatic N) is 4. The predicted molar refractivity (Wildman–Crippen MR) is 305 cm³/mol. The van der Waals surface area contributed by atoms with Crippen molar-refractivity contribution in [3.63, 3.8) is 0 Å². The number of hydrogen-bond acceptors (Lipinski definition) is 16. The van der Waals surface area contributed by atoms with Crippen molar-refractivity contribution in [2.75, 3.05) is 71.9 Å². The minimum absolute atomic E-state index is 0.0154. The summed E-state index contributed by atoms with van der Waals surface area (Å²) in [7, 11) is 2.90. The summed E-state index contributed by atoms with van der Waals surface area (Å²) in [6.07, 6.45) is 3.28. The second-order valence-electron chi connectivity index (χ2n) is 20.4. The van der Waals surface area contributed by atoms with Gasteiger partial charge in [0.05, 0.1) is 87.7 Å². The van der Waals surface area contributed by atoms with E-state index >= 15 is 0 Å². The first kappa shape index (κ1) is 62.6. The Labute approximate surface area is 481 Å². The van der Waals surface area contributed by atoms with Crippen molar-refractivity contribution in [1.82, 2.24) is 30.9 Å². The predicted octanol–water partition coefficient (Wildman–Crippen LogP) is 5.83. The van der Waals surface area contributed by atoms with Crippen molar-refractivity contribution in [3.05, 3.63) is 148 Å². The van der Waals surface area contributed by atoms with Gasteiger partial charge in [-0.3, -0.25) is 24.0 Å². The lowest BCUT2D eigenvalue weighted by Gasteiger charge is -2.30. The molecule has 1 aliphatic carbocycles. The molecule has 3 aliphatic rings. The van der Waals surface area contributed by atoms with Crippen LogP contribution >= 0.6 is 0 Å². The Morgan fingerprint density at radius 2 is 1.55 bits per heavy atom. The zero-order valence-electron chi connectivity index (χ0n) is 47.6. The number of ketones is 2. The number of aromatic nitrogens is 3. The number of para-hydroxylation sites is 1. The van der Waals surface area contributed by atoms with Crippen molar-refractivity contribution < 1.29 is 66.7 Å². The molecule has 4 amide bonds. The molecule has 3 heterocycles. The number of aliphatic hydroxyl groups excluding tert-OH is 1. The van der Waals surface area contributed by atoms with Crippen molar-refractivity contribution in [2.45, 2.75) is 84.5 Å². The highest BCUT2D eigenvalue weighted by molar-refractivity contribution is 6.23. The van der Waals surface area contributed by atoms with E-state index in [0.717, 1.165) is 22.8 Å². The monoisotopic (exact) mass is 1140 g/mol. The number of halogens is 1. The summed E-state index contributed by atoms with van der Waals surface area (Å²) in [5.74, 6) is -3.55. The summed E-state index contributed by atoms with van der Waals surface area (Å²) in [4.78, 5) is 81.7. The fourth-order valence-electron chi connectivity index (χ4n) is 10.0. The Morgan fingerprint density at radius 1 is 0.867 bits per heavy atom. The number of carbonyl (C=O) groups excluding carboxylic acids is 6. The molecule has 3 aromatic carbocycles. The number of methoxy groups -OCH3 is 2. The Hall–Kier alpha value is -7.99. The highest BCUT2D eigenvalue weighted by Gasteiger charge is 2.34. The Morgan fingerprint density at radius 3 is 2.27 bits per heavy atom. The third kappa shape index (κ3) is 16.6. The second-order valence-corrected chi connectivity index (χ2v) is 20.4. The van der Waals surface area contributed by atoms with Gasteiger partial charge in [0.25, 0.3) is 11.8 Å². The zero-order valence-corrected chi connectivity index (χ0v) is 47.6. The molecule has 442 valence electrons. The van der Waals surface area contributed by atoms with E-state index in [0.29, 0.717) is 34.8 Å². The van der Waals surface area contributed by atoms with Crippen LogP contribution in [0.5, 0.6) is 0 Å². The maximum Gasteiger partial charge on any atom is 0.405 e. The number of anilines is 1. The molecule has 2 aliphatic heterocycles. The number of nitrogens with one attached hydrogen (secondary N) is 3. The van der Waals surface area contributed by atoms with Gasteiger partial charge in [0, 0.05) is 73.6 Å². The smallest absolute Gasteiger partial charge is 0.405 e. The molecule has 6 N–H and O–H groups in total. The van der Waals surface area contributed by atoms with Crippen molar-refractivity contribution >= 4 is 41.1 Å². The number of hydrogen-bond donors (Lipinski definition) is 5. The lowest BCUT2D eigenvalue weighted by molar-refractivity contribution is -0.120. The average molecular weight is 1140 g/mol. The molecule has 2 bridgehead atoms. The molecule has 0 fully saturated rings. The lowest BCUT2D eigenvalue weighted by Crippen LogP contribution is -2.38. The van der Waals surface area contributed by atoms with Gasteiger partial charge in [0.1, 0.15) is 17.6 Å². The van der Waals surface area contributed by atoms with Crippen LogP contribution in [0, 0.1) is 17.7 Å². The molecule has 22 heteroatoms. The summed E-state index contributed by atoms with van der Waals surface area (Å²) >= 11 is 0. The highest BCUT2D eigenvalue weighted by atomic mass is 18.2. The van der Waals surface area contributed by atoms with Crippen LogP contribution in [0.4, 0.5) is 14.9 Å². The van der Waals surface area contributed by atoms with Crippen LogP contribution in [0.2, 0.25) is 0 Å². The number of benzene rings is 3.